The Hall–Kier alpha value is -2.36. The van der Waals surface area contributed by atoms with E-state index in [1.807, 2.05) is 0 Å². The van der Waals surface area contributed by atoms with Crippen molar-refractivity contribution in [3.8, 4) is 0 Å². The Morgan fingerprint density at radius 2 is 1.81 bits per heavy atom. The average Bonchev–Trinajstić information content (AvgIpc) is 2.44. The molecule has 0 radical (unpaired) electrons. The van der Waals surface area contributed by atoms with Gasteiger partial charge in [-0.2, -0.15) is 0 Å². The smallest absolute Gasteiger partial charge is 0.336 e. The second-order valence-corrected chi connectivity index (χ2v) is 4.25. The second-order valence-electron chi connectivity index (χ2n) is 4.25. The van der Waals surface area contributed by atoms with Crippen LogP contribution in [0.1, 0.15) is 0 Å². The van der Waals surface area contributed by atoms with Crippen molar-refractivity contribution in [2.75, 3.05) is 39.9 Å². The quantitative estimate of drug-likeness (QED) is 0.583. The van der Waals surface area contributed by atoms with Gasteiger partial charge in [-0.3, -0.25) is 9.59 Å². The SMILES string of the molecule is COC(=O)C1CN(C(=O)N(CC(=O)O)CC(=O)O)CCO1. The molecule has 0 aliphatic carbocycles. The summed E-state index contributed by atoms with van der Waals surface area (Å²) in [6, 6.07) is -0.781. The van der Waals surface area contributed by atoms with Crippen LogP contribution in [0.25, 0.3) is 0 Å². The molecule has 2 N–H and O–H groups in total. The molecule has 10 nitrogen and oxygen atoms in total. The minimum absolute atomic E-state index is 0.0689. The molecule has 0 aromatic heterocycles. The zero-order valence-corrected chi connectivity index (χ0v) is 11.4. The van der Waals surface area contributed by atoms with Crippen LogP contribution in [0.5, 0.6) is 0 Å². The number of carboxylic acids is 2. The molecule has 1 aliphatic rings. The monoisotopic (exact) mass is 304 g/mol. The Bertz CT molecular complexity index is 422. The number of carboxylic acid groups (broad SMARTS) is 2. The highest BCUT2D eigenvalue weighted by Crippen LogP contribution is 2.09. The molecule has 1 atom stereocenters. The molecule has 0 bridgehead atoms. The van der Waals surface area contributed by atoms with Crippen LogP contribution in [0.2, 0.25) is 0 Å². The number of urea groups is 1. The van der Waals surface area contributed by atoms with Crippen molar-refractivity contribution in [2.45, 2.75) is 6.10 Å². The van der Waals surface area contributed by atoms with Crippen LogP contribution in [-0.2, 0) is 23.9 Å². The minimum atomic E-state index is -1.33. The lowest BCUT2D eigenvalue weighted by molar-refractivity contribution is -0.158. The number of rotatable bonds is 5. The largest absolute Gasteiger partial charge is 0.480 e. The fraction of sp³-hybridized carbons (Fsp3) is 0.636. The fourth-order valence-electron chi connectivity index (χ4n) is 1.81. The normalized spacial score (nSPS) is 18.0. The number of hydrogen-bond acceptors (Lipinski definition) is 6. The summed E-state index contributed by atoms with van der Waals surface area (Å²) in [5, 5.41) is 17.4. The molecule has 0 aromatic carbocycles. The van der Waals surface area contributed by atoms with E-state index in [0.717, 1.165) is 4.90 Å². The first-order valence-corrected chi connectivity index (χ1v) is 6.02. The van der Waals surface area contributed by atoms with Gasteiger partial charge in [0.1, 0.15) is 13.1 Å². The molecule has 1 rings (SSSR count). The molecule has 1 heterocycles. The Kier molecular flexibility index (Phi) is 5.91. The third kappa shape index (κ3) is 4.91. The maximum absolute atomic E-state index is 12.1. The van der Waals surface area contributed by atoms with Crippen LogP contribution in [-0.4, -0.2) is 90.0 Å². The van der Waals surface area contributed by atoms with E-state index in [2.05, 4.69) is 4.74 Å². The molecule has 1 fully saturated rings. The van der Waals surface area contributed by atoms with Crippen LogP contribution in [0.4, 0.5) is 4.79 Å². The average molecular weight is 304 g/mol. The highest BCUT2D eigenvalue weighted by Gasteiger charge is 2.33. The molecular weight excluding hydrogens is 288 g/mol. The number of hydrogen-bond donors (Lipinski definition) is 2. The van der Waals surface area contributed by atoms with Crippen LogP contribution in [0.3, 0.4) is 0 Å². The van der Waals surface area contributed by atoms with Crippen molar-refractivity contribution in [1.82, 2.24) is 9.80 Å². The number of morpholine rings is 1. The highest BCUT2D eigenvalue weighted by atomic mass is 16.6. The van der Waals surface area contributed by atoms with E-state index in [-0.39, 0.29) is 19.7 Å². The van der Waals surface area contributed by atoms with Gasteiger partial charge in [-0.15, -0.1) is 0 Å². The topological polar surface area (TPSA) is 134 Å². The van der Waals surface area contributed by atoms with Crippen LogP contribution >= 0.6 is 0 Å². The Balaban J connectivity index is 2.75. The van der Waals surface area contributed by atoms with Crippen molar-refractivity contribution in [2.24, 2.45) is 0 Å². The molecule has 21 heavy (non-hydrogen) atoms. The summed E-state index contributed by atoms with van der Waals surface area (Å²) in [5.41, 5.74) is 0. The molecule has 0 saturated carbocycles. The molecule has 2 amide bonds. The highest BCUT2D eigenvalue weighted by molar-refractivity contribution is 5.85. The predicted molar refractivity (Wildman–Crippen MR) is 65.6 cm³/mol. The number of carbonyl (C=O) groups excluding carboxylic acids is 2. The van der Waals surface area contributed by atoms with Crippen molar-refractivity contribution in [1.29, 1.82) is 0 Å². The number of carbonyl (C=O) groups is 4. The molecular formula is C11H16N2O8. The minimum Gasteiger partial charge on any atom is -0.480 e. The number of methoxy groups -OCH3 is 1. The lowest BCUT2D eigenvalue weighted by Gasteiger charge is -2.34. The van der Waals surface area contributed by atoms with Crippen LogP contribution < -0.4 is 0 Å². The molecule has 1 aliphatic heterocycles. The van der Waals surface area contributed by atoms with E-state index in [4.69, 9.17) is 14.9 Å². The lowest BCUT2D eigenvalue weighted by Crippen LogP contribution is -2.54. The summed E-state index contributed by atoms with van der Waals surface area (Å²) in [7, 11) is 1.17. The van der Waals surface area contributed by atoms with Gasteiger partial charge in [-0.1, -0.05) is 0 Å². The maximum Gasteiger partial charge on any atom is 0.336 e. The zero-order chi connectivity index (χ0) is 16.0. The first-order chi connectivity index (χ1) is 9.85. The summed E-state index contributed by atoms with van der Waals surface area (Å²) >= 11 is 0. The third-order valence-electron chi connectivity index (χ3n) is 2.72. The van der Waals surface area contributed by atoms with Gasteiger partial charge in [0.15, 0.2) is 6.10 Å². The van der Waals surface area contributed by atoms with Gasteiger partial charge in [-0.05, 0) is 0 Å². The second kappa shape index (κ2) is 7.43. The number of nitrogens with zero attached hydrogens (tertiary/aromatic N) is 2. The van der Waals surface area contributed by atoms with E-state index < -0.39 is 43.1 Å². The molecule has 0 aromatic rings. The molecule has 118 valence electrons. The van der Waals surface area contributed by atoms with Gasteiger partial charge in [0.05, 0.1) is 20.3 Å². The predicted octanol–water partition coefficient (Wildman–Crippen LogP) is -1.55. The summed E-state index contributed by atoms with van der Waals surface area (Å²) in [6.45, 7) is -1.42. The number of aliphatic carboxylic acids is 2. The van der Waals surface area contributed by atoms with Crippen molar-refractivity contribution >= 4 is 23.9 Å². The maximum atomic E-state index is 12.1. The number of ether oxygens (including phenoxy) is 2. The van der Waals surface area contributed by atoms with Gasteiger partial charge in [0.2, 0.25) is 0 Å². The number of esters is 1. The standard InChI is InChI=1S/C11H16N2O8/c1-20-10(18)7-4-12(2-3-21-7)11(19)13(5-8(14)15)6-9(16)17/h7H,2-6H2,1H3,(H,14,15)(H,16,17). The Morgan fingerprint density at radius 3 is 2.29 bits per heavy atom. The van der Waals surface area contributed by atoms with Gasteiger partial charge in [0, 0.05) is 6.54 Å². The van der Waals surface area contributed by atoms with Crippen LogP contribution in [0.15, 0.2) is 0 Å². The van der Waals surface area contributed by atoms with E-state index in [0.29, 0.717) is 4.90 Å². The van der Waals surface area contributed by atoms with Crippen LogP contribution in [0, 0.1) is 0 Å². The van der Waals surface area contributed by atoms with Gasteiger partial charge >= 0.3 is 23.9 Å². The fourth-order valence-corrected chi connectivity index (χ4v) is 1.81. The molecule has 1 saturated heterocycles. The van der Waals surface area contributed by atoms with E-state index in [1.54, 1.807) is 0 Å². The Morgan fingerprint density at radius 1 is 1.24 bits per heavy atom. The molecule has 0 spiro atoms. The summed E-state index contributed by atoms with van der Waals surface area (Å²) in [6.07, 6.45) is -0.968. The van der Waals surface area contributed by atoms with Gasteiger partial charge < -0.3 is 29.5 Å². The molecule has 10 heteroatoms. The zero-order valence-electron chi connectivity index (χ0n) is 11.4. The molecule has 1 unspecified atom stereocenters. The Labute approximate surface area is 119 Å². The van der Waals surface area contributed by atoms with Crippen molar-refractivity contribution in [3.63, 3.8) is 0 Å². The summed E-state index contributed by atoms with van der Waals surface area (Å²) in [4.78, 5) is 46.7. The first kappa shape index (κ1) is 16.7. The van der Waals surface area contributed by atoms with E-state index in [1.165, 1.54) is 7.11 Å². The summed E-state index contributed by atoms with van der Waals surface area (Å²) < 4.78 is 9.64. The van der Waals surface area contributed by atoms with Crippen molar-refractivity contribution < 1.29 is 38.9 Å². The number of amides is 2. The van der Waals surface area contributed by atoms with Gasteiger partial charge in [0.25, 0.3) is 0 Å². The van der Waals surface area contributed by atoms with E-state index >= 15 is 0 Å². The van der Waals surface area contributed by atoms with E-state index in [9.17, 15) is 19.2 Å². The summed E-state index contributed by atoms with van der Waals surface area (Å²) in [5.74, 6) is -3.32. The van der Waals surface area contributed by atoms with Crippen molar-refractivity contribution in [3.05, 3.63) is 0 Å². The first-order valence-electron chi connectivity index (χ1n) is 6.02. The third-order valence-corrected chi connectivity index (χ3v) is 2.72. The lowest BCUT2D eigenvalue weighted by atomic mass is 10.3. The van der Waals surface area contributed by atoms with Gasteiger partial charge in [-0.25, -0.2) is 9.59 Å².